The number of carbonyl (C=O) groups is 2. The van der Waals surface area contributed by atoms with Gasteiger partial charge in [-0.2, -0.15) is 5.26 Å². The Morgan fingerprint density at radius 1 is 1.12 bits per heavy atom. The number of aromatic carboxylic acids is 1. The summed E-state index contributed by atoms with van der Waals surface area (Å²) in [6.07, 6.45) is 0. The summed E-state index contributed by atoms with van der Waals surface area (Å²) < 4.78 is 0. The Morgan fingerprint density at radius 2 is 1.84 bits per heavy atom. The lowest BCUT2D eigenvalue weighted by Gasteiger charge is -2.11. The fourth-order valence-electron chi connectivity index (χ4n) is 2.52. The molecular formula is C18H14N4O3. The van der Waals surface area contributed by atoms with Gasteiger partial charge in [0, 0.05) is 23.7 Å². The summed E-state index contributed by atoms with van der Waals surface area (Å²) >= 11 is 0. The Bertz CT molecular complexity index is 1010. The number of anilines is 3. The van der Waals surface area contributed by atoms with Crippen LogP contribution in [0, 0.1) is 11.3 Å². The van der Waals surface area contributed by atoms with Crippen LogP contribution < -0.4 is 10.6 Å². The average Bonchev–Trinajstić information content (AvgIpc) is 2.99. The number of nitrogens with zero attached hydrogens (tertiary/aromatic N) is 1. The molecule has 3 rings (SSSR count). The molecule has 0 radical (unpaired) electrons. The predicted molar refractivity (Wildman–Crippen MR) is 94.0 cm³/mol. The van der Waals surface area contributed by atoms with Gasteiger partial charge < -0.3 is 20.7 Å². The van der Waals surface area contributed by atoms with Crippen LogP contribution in [0.25, 0.3) is 10.9 Å². The molecule has 0 aliphatic rings. The summed E-state index contributed by atoms with van der Waals surface area (Å²) in [5, 5.41) is 24.6. The molecule has 1 amide bonds. The normalized spacial score (nSPS) is 10.2. The van der Waals surface area contributed by atoms with E-state index < -0.39 is 5.97 Å². The van der Waals surface area contributed by atoms with Crippen molar-refractivity contribution in [1.82, 2.24) is 4.98 Å². The van der Waals surface area contributed by atoms with Crippen molar-refractivity contribution < 1.29 is 14.7 Å². The average molecular weight is 334 g/mol. The first-order valence-electron chi connectivity index (χ1n) is 7.41. The summed E-state index contributed by atoms with van der Waals surface area (Å²) in [7, 11) is 0. The molecule has 25 heavy (non-hydrogen) atoms. The van der Waals surface area contributed by atoms with Crippen molar-refractivity contribution in [2.45, 2.75) is 6.92 Å². The summed E-state index contributed by atoms with van der Waals surface area (Å²) in [5.41, 5.74) is 3.08. The van der Waals surface area contributed by atoms with Crippen LogP contribution in [0.1, 0.15) is 23.0 Å². The van der Waals surface area contributed by atoms with E-state index in [9.17, 15) is 14.7 Å². The number of benzene rings is 2. The Labute approximate surface area is 142 Å². The standard InChI is InChI=1S/C18H14N4O3/c1-10(23)20-13-6-15(21-12-4-2-11(9-19)3-5-12)14-8-17(18(24)25)22-16(14)7-13/h2-8,21-22H,1H3,(H,20,23)(H,24,25). The number of carbonyl (C=O) groups excluding carboxylic acids is 1. The van der Waals surface area contributed by atoms with Crippen LogP contribution >= 0.6 is 0 Å². The molecule has 0 aliphatic carbocycles. The van der Waals surface area contributed by atoms with E-state index in [-0.39, 0.29) is 11.6 Å². The number of aromatic nitrogens is 1. The van der Waals surface area contributed by atoms with Gasteiger partial charge in [-0.25, -0.2) is 4.79 Å². The summed E-state index contributed by atoms with van der Waals surface area (Å²) in [6, 6.07) is 13.8. The summed E-state index contributed by atoms with van der Waals surface area (Å²) in [5.74, 6) is -1.30. The second kappa shape index (κ2) is 6.37. The van der Waals surface area contributed by atoms with Crippen LogP contribution in [0.4, 0.5) is 17.1 Å². The van der Waals surface area contributed by atoms with Crippen molar-refractivity contribution >= 4 is 39.8 Å². The second-order valence-corrected chi connectivity index (χ2v) is 5.47. The third kappa shape index (κ3) is 3.43. The van der Waals surface area contributed by atoms with Gasteiger partial charge in [0.05, 0.1) is 22.8 Å². The highest BCUT2D eigenvalue weighted by Gasteiger charge is 2.13. The first-order chi connectivity index (χ1) is 12.0. The SMILES string of the molecule is CC(=O)Nc1cc(Nc2ccc(C#N)cc2)c2cc(C(=O)O)[nH]c2c1. The van der Waals surface area contributed by atoms with E-state index in [4.69, 9.17) is 5.26 Å². The van der Waals surface area contributed by atoms with Crippen molar-refractivity contribution in [3.05, 3.63) is 53.7 Å². The lowest BCUT2D eigenvalue weighted by atomic mass is 10.1. The van der Waals surface area contributed by atoms with Gasteiger partial charge in [-0.1, -0.05) is 0 Å². The minimum absolute atomic E-state index is 0.0536. The van der Waals surface area contributed by atoms with Crippen molar-refractivity contribution in [1.29, 1.82) is 5.26 Å². The molecule has 1 heterocycles. The van der Waals surface area contributed by atoms with Crippen molar-refractivity contribution in [3.63, 3.8) is 0 Å². The molecule has 0 bridgehead atoms. The number of H-pyrrole nitrogens is 1. The minimum atomic E-state index is -1.07. The molecular weight excluding hydrogens is 320 g/mol. The van der Waals surface area contributed by atoms with Gasteiger partial charge in [0.25, 0.3) is 0 Å². The van der Waals surface area contributed by atoms with Gasteiger partial charge in [0.15, 0.2) is 0 Å². The second-order valence-electron chi connectivity index (χ2n) is 5.47. The van der Waals surface area contributed by atoms with Crippen LogP contribution in [0.5, 0.6) is 0 Å². The van der Waals surface area contributed by atoms with Gasteiger partial charge in [-0.05, 0) is 42.5 Å². The fraction of sp³-hybridized carbons (Fsp3) is 0.0556. The molecule has 0 atom stereocenters. The maximum absolute atomic E-state index is 11.3. The number of rotatable bonds is 4. The van der Waals surface area contributed by atoms with Crippen LogP contribution in [0.3, 0.4) is 0 Å². The Hall–Kier alpha value is -3.79. The van der Waals surface area contributed by atoms with Gasteiger partial charge >= 0.3 is 5.97 Å². The van der Waals surface area contributed by atoms with E-state index in [2.05, 4.69) is 15.6 Å². The highest BCUT2D eigenvalue weighted by Crippen LogP contribution is 2.31. The van der Waals surface area contributed by atoms with E-state index in [0.717, 1.165) is 5.69 Å². The fourth-order valence-corrected chi connectivity index (χ4v) is 2.52. The maximum Gasteiger partial charge on any atom is 0.352 e. The van der Waals surface area contributed by atoms with E-state index in [1.54, 1.807) is 36.4 Å². The molecule has 7 heteroatoms. The van der Waals surface area contributed by atoms with Gasteiger partial charge in [-0.15, -0.1) is 0 Å². The number of aromatic amines is 1. The molecule has 2 aromatic carbocycles. The van der Waals surface area contributed by atoms with Gasteiger partial charge in [0.2, 0.25) is 5.91 Å². The lowest BCUT2D eigenvalue weighted by molar-refractivity contribution is -0.114. The van der Waals surface area contributed by atoms with Gasteiger partial charge in [0.1, 0.15) is 5.69 Å². The van der Waals surface area contributed by atoms with Crippen molar-refractivity contribution in [3.8, 4) is 6.07 Å². The molecule has 4 N–H and O–H groups in total. The first-order valence-corrected chi connectivity index (χ1v) is 7.41. The Kier molecular flexibility index (Phi) is 4.10. The summed E-state index contributed by atoms with van der Waals surface area (Å²) in [6.45, 7) is 1.40. The number of hydrogen-bond donors (Lipinski definition) is 4. The molecule has 0 aliphatic heterocycles. The molecule has 0 unspecified atom stereocenters. The zero-order valence-electron chi connectivity index (χ0n) is 13.3. The number of fused-ring (bicyclic) bond motifs is 1. The predicted octanol–water partition coefficient (Wildman–Crippen LogP) is 3.44. The lowest BCUT2D eigenvalue weighted by Crippen LogP contribution is -2.06. The van der Waals surface area contributed by atoms with Crippen LogP contribution in [0.2, 0.25) is 0 Å². The zero-order valence-corrected chi connectivity index (χ0v) is 13.3. The maximum atomic E-state index is 11.3. The van der Waals surface area contributed by atoms with Crippen LogP contribution in [0.15, 0.2) is 42.5 Å². The molecule has 1 aromatic heterocycles. The van der Waals surface area contributed by atoms with E-state index in [0.29, 0.717) is 27.8 Å². The molecule has 124 valence electrons. The van der Waals surface area contributed by atoms with E-state index in [1.165, 1.54) is 13.0 Å². The topological polar surface area (TPSA) is 118 Å². The third-order valence-electron chi connectivity index (χ3n) is 3.58. The Morgan fingerprint density at radius 3 is 2.44 bits per heavy atom. The van der Waals surface area contributed by atoms with E-state index in [1.807, 2.05) is 6.07 Å². The number of amides is 1. The molecule has 7 nitrogen and oxygen atoms in total. The number of carboxylic acids is 1. The molecule has 0 saturated carbocycles. The number of hydrogen-bond acceptors (Lipinski definition) is 4. The van der Waals surface area contributed by atoms with Gasteiger partial charge in [-0.3, -0.25) is 4.79 Å². The number of nitriles is 1. The summed E-state index contributed by atoms with van der Waals surface area (Å²) in [4.78, 5) is 25.4. The molecule has 0 spiro atoms. The monoisotopic (exact) mass is 334 g/mol. The zero-order chi connectivity index (χ0) is 18.0. The van der Waals surface area contributed by atoms with Crippen molar-refractivity contribution in [2.24, 2.45) is 0 Å². The minimum Gasteiger partial charge on any atom is -0.477 e. The van der Waals surface area contributed by atoms with Crippen LogP contribution in [-0.2, 0) is 4.79 Å². The number of carboxylic acid groups (broad SMARTS) is 1. The molecule has 0 fully saturated rings. The largest absolute Gasteiger partial charge is 0.477 e. The van der Waals surface area contributed by atoms with Crippen molar-refractivity contribution in [2.75, 3.05) is 10.6 Å². The first kappa shape index (κ1) is 16.1. The van der Waals surface area contributed by atoms with E-state index >= 15 is 0 Å². The molecule has 0 saturated heterocycles. The molecule has 3 aromatic rings. The highest BCUT2D eigenvalue weighted by molar-refractivity contribution is 6.03. The number of nitrogens with one attached hydrogen (secondary N) is 3. The Balaban J connectivity index is 2.07. The quantitative estimate of drug-likeness (QED) is 0.583. The highest BCUT2D eigenvalue weighted by atomic mass is 16.4. The third-order valence-corrected chi connectivity index (χ3v) is 3.58. The van der Waals surface area contributed by atoms with Crippen LogP contribution in [-0.4, -0.2) is 22.0 Å². The smallest absolute Gasteiger partial charge is 0.352 e.